The third-order valence-electron chi connectivity index (χ3n) is 4.38. The molecule has 0 aromatic heterocycles. The number of nitrogens with zero attached hydrogens (tertiary/aromatic N) is 1. The Hall–Kier alpha value is -2.58. The zero-order valence-electron chi connectivity index (χ0n) is 17.9. The molecule has 0 aliphatic carbocycles. The number of anilines is 2. The van der Waals surface area contributed by atoms with Crippen molar-refractivity contribution in [2.45, 2.75) is 26.7 Å². The largest absolute Gasteiger partial charge is 0.352 e. The zero-order valence-corrected chi connectivity index (χ0v) is 19.5. The van der Waals surface area contributed by atoms with Crippen molar-refractivity contribution in [1.82, 2.24) is 5.32 Å². The summed E-state index contributed by atoms with van der Waals surface area (Å²) >= 11 is 5.98. The smallest absolute Gasteiger partial charge is 0.253 e. The standard InChI is InChI=1S/C22H28ClN3O4S/c1-16(2)15-24-22(28)19-10-4-5-11-20(19)25-21(27)12-7-13-26(31(3,29)30)18-9-6-8-17(23)14-18/h4-6,8-11,14,16H,7,12-13,15H2,1-3H3,(H,24,28)(H,25,27). The normalized spacial score (nSPS) is 11.3. The maximum Gasteiger partial charge on any atom is 0.253 e. The highest BCUT2D eigenvalue weighted by molar-refractivity contribution is 7.92. The number of benzene rings is 2. The fraction of sp³-hybridized carbons (Fsp3) is 0.364. The molecule has 9 heteroatoms. The number of carbonyl (C=O) groups is 2. The monoisotopic (exact) mass is 465 g/mol. The van der Waals surface area contributed by atoms with E-state index in [2.05, 4.69) is 10.6 Å². The van der Waals surface area contributed by atoms with E-state index < -0.39 is 10.0 Å². The molecule has 31 heavy (non-hydrogen) atoms. The van der Waals surface area contributed by atoms with Gasteiger partial charge in [-0.05, 0) is 42.7 Å². The minimum atomic E-state index is -3.53. The van der Waals surface area contributed by atoms with E-state index in [1.807, 2.05) is 13.8 Å². The second-order valence-electron chi connectivity index (χ2n) is 7.62. The molecular formula is C22H28ClN3O4S. The summed E-state index contributed by atoms with van der Waals surface area (Å²) in [6, 6.07) is 13.3. The fourth-order valence-corrected chi connectivity index (χ4v) is 4.04. The molecule has 0 atom stereocenters. The first-order valence-electron chi connectivity index (χ1n) is 9.98. The summed E-state index contributed by atoms with van der Waals surface area (Å²) in [5.41, 5.74) is 1.25. The van der Waals surface area contributed by atoms with Gasteiger partial charge in [0.1, 0.15) is 0 Å². The van der Waals surface area contributed by atoms with Gasteiger partial charge in [-0.15, -0.1) is 0 Å². The van der Waals surface area contributed by atoms with Crippen LogP contribution in [0.5, 0.6) is 0 Å². The average molecular weight is 466 g/mol. The predicted octanol–water partition coefficient (Wildman–Crippen LogP) is 3.91. The molecule has 2 rings (SSSR count). The van der Waals surface area contributed by atoms with Gasteiger partial charge in [-0.3, -0.25) is 13.9 Å². The lowest BCUT2D eigenvalue weighted by atomic mass is 10.1. The number of nitrogens with one attached hydrogen (secondary N) is 2. The van der Waals surface area contributed by atoms with Gasteiger partial charge in [-0.1, -0.05) is 43.6 Å². The first-order valence-corrected chi connectivity index (χ1v) is 12.2. The molecule has 2 aromatic carbocycles. The molecule has 2 amide bonds. The van der Waals surface area contributed by atoms with Crippen LogP contribution in [0.4, 0.5) is 11.4 Å². The maximum atomic E-state index is 12.4. The summed E-state index contributed by atoms with van der Waals surface area (Å²) in [6.07, 6.45) is 1.50. The van der Waals surface area contributed by atoms with Crippen molar-refractivity contribution in [3.63, 3.8) is 0 Å². The lowest BCUT2D eigenvalue weighted by Gasteiger charge is -2.22. The number of para-hydroxylation sites is 1. The molecule has 0 heterocycles. The second-order valence-corrected chi connectivity index (χ2v) is 9.96. The van der Waals surface area contributed by atoms with Gasteiger partial charge in [0.25, 0.3) is 5.91 Å². The van der Waals surface area contributed by atoms with Gasteiger partial charge >= 0.3 is 0 Å². The number of amides is 2. The summed E-state index contributed by atoms with van der Waals surface area (Å²) in [7, 11) is -3.53. The number of hydrogen-bond donors (Lipinski definition) is 2. The van der Waals surface area contributed by atoms with Gasteiger partial charge in [-0.25, -0.2) is 8.42 Å². The van der Waals surface area contributed by atoms with E-state index >= 15 is 0 Å². The minimum Gasteiger partial charge on any atom is -0.352 e. The van der Waals surface area contributed by atoms with Crippen LogP contribution >= 0.6 is 11.6 Å². The predicted molar refractivity (Wildman–Crippen MR) is 125 cm³/mol. The topological polar surface area (TPSA) is 95.6 Å². The van der Waals surface area contributed by atoms with Crippen LogP contribution in [0.15, 0.2) is 48.5 Å². The Morgan fingerprint density at radius 1 is 1.10 bits per heavy atom. The molecule has 0 saturated heterocycles. The van der Waals surface area contributed by atoms with Crippen LogP contribution < -0.4 is 14.9 Å². The summed E-state index contributed by atoms with van der Waals surface area (Å²) in [5.74, 6) is -0.250. The Morgan fingerprint density at radius 2 is 1.81 bits per heavy atom. The van der Waals surface area contributed by atoms with Gasteiger partial charge in [0.2, 0.25) is 15.9 Å². The molecular weight excluding hydrogens is 438 g/mol. The van der Waals surface area contributed by atoms with Crippen molar-refractivity contribution in [1.29, 1.82) is 0 Å². The van der Waals surface area contributed by atoms with Crippen LogP contribution in [-0.4, -0.2) is 39.6 Å². The summed E-state index contributed by atoms with van der Waals surface area (Å²) in [5, 5.41) is 6.01. The number of rotatable bonds is 10. The Labute approximate surface area is 188 Å². The van der Waals surface area contributed by atoms with Crippen molar-refractivity contribution in [3.05, 3.63) is 59.1 Å². The SMILES string of the molecule is CC(C)CNC(=O)c1ccccc1NC(=O)CCCN(c1cccc(Cl)c1)S(C)(=O)=O. The lowest BCUT2D eigenvalue weighted by molar-refractivity contribution is -0.116. The Kier molecular flexibility index (Phi) is 8.88. The highest BCUT2D eigenvalue weighted by Gasteiger charge is 2.18. The molecule has 2 aromatic rings. The molecule has 0 saturated carbocycles. The van der Waals surface area contributed by atoms with E-state index in [1.165, 1.54) is 4.31 Å². The first-order chi connectivity index (χ1) is 14.6. The number of halogens is 1. The highest BCUT2D eigenvalue weighted by atomic mass is 35.5. The Balaban J connectivity index is 2.00. The first kappa shape index (κ1) is 24.7. The number of carbonyl (C=O) groups excluding carboxylic acids is 2. The molecule has 0 fully saturated rings. The Morgan fingerprint density at radius 3 is 2.45 bits per heavy atom. The van der Waals surface area contributed by atoms with E-state index in [-0.39, 0.29) is 24.8 Å². The molecule has 0 aliphatic rings. The van der Waals surface area contributed by atoms with Gasteiger partial charge in [0.15, 0.2) is 0 Å². The summed E-state index contributed by atoms with van der Waals surface area (Å²) < 4.78 is 25.6. The summed E-state index contributed by atoms with van der Waals surface area (Å²) in [4.78, 5) is 24.8. The average Bonchev–Trinajstić information content (AvgIpc) is 2.68. The summed E-state index contributed by atoms with van der Waals surface area (Å²) in [6.45, 7) is 4.66. The maximum absolute atomic E-state index is 12.4. The van der Waals surface area contributed by atoms with Crippen LogP contribution in [0, 0.1) is 5.92 Å². The molecule has 0 bridgehead atoms. The van der Waals surface area contributed by atoms with E-state index in [1.54, 1.807) is 48.5 Å². The molecule has 0 aliphatic heterocycles. The highest BCUT2D eigenvalue weighted by Crippen LogP contribution is 2.22. The zero-order chi connectivity index (χ0) is 23.0. The van der Waals surface area contributed by atoms with Crippen LogP contribution in [0.1, 0.15) is 37.0 Å². The quantitative estimate of drug-likeness (QED) is 0.556. The van der Waals surface area contributed by atoms with Crippen molar-refractivity contribution in [3.8, 4) is 0 Å². The molecule has 168 valence electrons. The molecule has 0 radical (unpaired) electrons. The molecule has 7 nitrogen and oxygen atoms in total. The van der Waals surface area contributed by atoms with Crippen molar-refractivity contribution >= 4 is 44.8 Å². The minimum absolute atomic E-state index is 0.0918. The van der Waals surface area contributed by atoms with E-state index in [9.17, 15) is 18.0 Å². The van der Waals surface area contributed by atoms with Gasteiger partial charge in [0.05, 0.1) is 23.2 Å². The molecule has 0 spiro atoms. The van der Waals surface area contributed by atoms with Crippen LogP contribution in [0.3, 0.4) is 0 Å². The van der Waals surface area contributed by atoms with Crippen molar-refractivity contribution < 1.29 is 18.0 Å². The number of hydrogen-bond acceptors (Lipinski definition) is 4. The lowest BCUT2D eigenvalue weighted by Crippen LogP contribution is -2.31. The van der Waals surface area contributed by atoms with Crippen molar-refractivity contribution in [2.24, 2.45) is 5.92 Å². The van der Waals surface area contributed by atoms with Crippen LogP contribution in [0.2, 0.25) is 5.02 Å². The number of sulfonamides is 1. The van der Waals surface area contributed by atoms with E-state index in [0.29, 0.717) is 40.8 Å². The fourth-order valence-electron chi connectivity index (χ4n) is 2.90. The second kappa shape index (κ2) is 11.2. The van der Waals surface area contributed by atoms with Crippen LogP contribution in [0.25, 0.3) is 0 Å². The molecule has 0 unspecified atom stereocenters. The van der Waals surface area contributed by atoms with E-state index in [4.69, 9.17) is 11.6 Å². The van der Waals surface area contributed by atoms with Gasteiger partial charge < -0.3 is 10.6 Å². The molecule has 2 N–H and O–H groups in total. The third-order valence-corrected chi connectivity index (χ3v) is 5.81. The van der Waals surface area contributed by atoms with E-state index in [0.717, 1.165) is 6.26 Å². The van der Waals surface area contributed by atoms with Gasteiger partial charge in [-0.2, -0.15) is 0 Å². The van der Waals surface area contributed by atoms with Crippen LogP contribution in [-0.2, 0) is 14.8 Å². The third kappa shape index (κ3) is 7.88. The van der Waals surface area contributed by atoms with Gasteiger partial charge in [0, 0.05) is 24.5 Å². The Bertz CT molecular complexity index is 1020. The van der Waals surface area contributed by atoms with Crippen molar-refractivity contribution in [2.75, 3.05) is 29.0 Å².